The third-order valence-electron chi connectivity index (χ3n) is 2.76. The Bertz CT molecular complexity index is 701. The van der Waals surface area contributed by atoms with Crippen LogP contribution in [0.4, 0.5) is 4.79 Å². The Morgan fingerprint density at radius 3 is 2.43 bits per heavy atom. The first kappa shape index (κ1) is 14.8. The number of carbonyl (C=O) groups is 1. The minimum Gasteiger partial charge on any atom is -0.442 e. The zero-order valence-corrected chi connectivity index (χ0v) is 12.5. The van der Waals surface area contributed by atoms with Crippen LogP contribution in [0.2, 0.25) is 0 Å². The summed E-state index contributed by atoms with van der Waals surface area (Å²) in [7, 11) is 0. The van der Waals surface area contributed by atoms with Crippen LogP contribution in [0.3, 0.4) is 0 Å². The minimum atomic E-state index is -0.565. The molecule has 0 spiro atoms. The second kappa shape index (κ2) is 5.41. The number of ether oxygens (including phenoxy) is 1. The third-order valence-corrected chi connectivity index (χ3v) is 2.76. The second-order valence-electron chi connectivity index (χ2n) is 5.75. The van der Waals surface area contributed by atoms with E-state index in [1.54, 1.807) is 31.2 Å². The summed E-state index contributed by atoms with van der Waals surface area (Å²) in [5, 5.41) is 13.1. The Morgan fingerprint density at radius 2 is 1.90 bits per heavy atom. The summed E-state index contributed by atoms with van der Waals surface area (Å²) in [6.07, 6.45) is -0.500. The van der Waals surface area contributed by atoms with E-state index in [0.717, 1.165) is 5.56 Å². The first-order valence-electron chi connectivity index (χ1n) is 6.61. The number of aryl methyl sites for hydroxylation is 1. The summed E-state index contributed by atoms with van der Waals surface area (Å²) in [5.74, 6) is 0. The van der Waals surface area contributed by atoms with Crippen molar-refractivity contribution < 1.29 is 9.53 Å². The van der Waals surface area contributed by atoms with Gasteiger partial charge in [0.05, 0.1) is 17.3 Å². The molecule has 1 heterocycles. The molecule has 0 aliphatic carbocycles. The van der Waals surface area contributed by atoms with Crippen LogP contribution >= 0.6 is 0 Å². The van der Waals surface area contributed by atoms with E-state index >= 15 is 0 Å². The van der Waals surface area contributed by atoms with Gasteiger partial charge in [-0.1, -0.05) is 12.1 Å². The highest BCUT2D eigenvalue weighted by Gasteiger charge is 2.20. The molecule has 0 aliphatic heterocycles. The van der Waals surface area contributed by atoms with Crippen LogP contribution in [0.5, 0.6) is 0 Å². The maximum absolute atomic E-state index is 12.1. The van der Waals surface area contributed by atoms with Gasteiger partial charge in [-0.3, -0.25) is 0 Å². The summed E-state index contributed by atoms with van der Waals surface area (Å²) in [4.78, 5) is 12.1. The Balaban J connectivity index is 2.30. The van der Waals surface area contributed by atoms with Gasteiger partial charge >= 0.3 is 6.09 Å². The van der Waals surface area contributed by atoms with Crippen molar-refractivity contribution in [3.8, 4) is 17.3 Å². The van der Waals surface area contributed by atoms with Crippen molar-refractivity contribution in [3.05, 3.63) is 41.6 Å². The van der Waals surface area contributed by atoms with Crippen molar-refractivity contribution in [1.82, 2.24) is 9.78 Å². The predicted octanol–water partition coefficient (Wildman–Crippen LogP) is 3.51. The number of hydrogen-bond acceptors (Lipinski definition) is 4. The number of nitriles is 1. The van der Waals surface area contributed by atoms with Crippen LogP contribution in [-0.2, 0) is 4.74 Å². The van der Waals surface area contributed by atoms with Gasteiger partial charge in [-0.15, -0.1) is 0 Å². The van der Waals surface area contributed by atoms with Gasteiger partial charge in [-0.25, -0.2) is 4.79 Å². The second-order valence-corrected chi connectivity index (χ2v) is 5.75. The van der Waals surface area contributed by atoms with Gasteiger partial charge in [0.25, 0.3) is 0 Å². The summed E-state index contributed by atoms with van der Waals surface area (Å²) in [5.41, 5.74) is 2.23. The SMILES string of the molecule is Cc1cc(-c2ccc(C#N)cc2)nn1C(=O)OC(C)(C)C. The van der Waals surface area contributed by atoms with E-state index in [1.165, 1.54) is 4.68 Å². The van der Waals surface area contributed by atoms with E-state index in [1.807, 2.05) is 26.8 Å². The summed E-state index contributed by atoms with van der Waals surface area (Å²) in [6.45, 7) is 7.23. The van der Waals surface area contributed by atoms with E-state index in [0.29, 0.717) is 17.0 Å². The first-order chi connectivity index (χ1) is 9.80. The molecule has 0 radical (unpaired) electrons. The van der Waals surface area contributed by atoms with Gasteiger partial charge in [-0.05, 0) is 45.9 Å². The topological polar surface area (TPSA) is 67.9 Å². The average molecular weight is 283 g/mol. The van der Waals surface area contributed by atoms with Crippen LogP contribution in [-0.4, -0.2) is 21.5 Å². The molecule has 0 bridgehead atoms. The fourth-order valence-corrected chi connectivity index (χ4v) is 1.82. The molecule has 0 amide bonds. The molecule has 108 valence electrons. The van der Waals surface area contributed by atoms with Crippen molar-refractivity contribution in [1.29, 1.82) is 5.26 Å². The molecule has 0 N–H and O–H groups in total. The third kappa shape index (κ3) is 3.48. The highest BCUT2D eigenvalue weighted by atomic mass is 16.6. The number of nitrogens with zero attached hydrogens (tertiary/aromatic N) is 3. The molecule has 0 unspecified atom stereocenters. The quantitative estimate of drug-likeness (QED) is 0.803. The van der Waals surface area contributed by atoms with Crippen molar-refractivity contribution in [2.24, 2.45) is 0 Å². The van der Waals surface area contributed by atoms with Crippen molar-refractivity contribution >= 4 is 6.09 Å². The molecule has 0 aliphatic rings. The van der Waals surface area contributed by atoms with E-state index < -0.39 is 11.7 Å². The number of aromatic nitrogens is 2. The molecule has 0 fully saturated rings. The Kier molecular flexibility index (Phi) is 3.81. The maximum Gasteiger partial charge on any atom is 0.435 e. The number of benzene rings is 1. The molecule has 1 aromatic carbocycles. The lowest BCUT2D eigenvalue weighted by molar-refractivity contribution is 0.0511. The molecule has 5 nitrogen and oxygen atoms in total. The lowest BCUT2D eigenvalue weighted by atomic mass is 10.1. The lowest BCUT2D eigenvalue weighted by Crippen LogP contribution is -2.28. The Labute approximate surface area is 123 Å². The summed E-state index contributed by atoms with van der Waals surface area (Å²) < 4.78 is 6.56. The van der Waals surface area contributed by atoms with Crippen molar-refractivity contribution in [2.75, 3.05) is 0 Å². The first-order valence-corrected chi connectivity index (χ1v) is 6.61. The average Bonchev–Trinajstić information content (AvgIpc) is 2.79. The molecule has 21 heavy (non-hydrogen) atoms. The normalized spacial score (nSPS) is 11.0. The fourth-order valence-electron chi connectivity index (χ4n) is 1.82. The van der Waals surface area contributed by atoms with E-state index in [9.17, 15) is 4.79 Å². The van der Waals surface area contributed by atoms with Crippen molar-refractivity contribution in [2.45, 2.75) is 33.3 Å². The van der Waals surface area contributed by atoms with Crippen LogP contribution in [0.15, 0.2) is 30.3 Å². The monoisotopic (exact) mass is 283 g/mol. The molecule has 1 aromatic heterocycles. The molecule has 2 aromatic rings. The summed E-state index contributed by atoms with van der Waals surface area (Å²) >= 11 is 0. The standard InChI is InChI=1S/C16H17N3O2/c1-11-9-14(13-7-5-12(10-17)6-8-13)18-19(11)15(20)21-16(2,3)4/h5-9H,1-4H3. The number of rotatable bonds is 1. The van der Waals surface area contributed by atoms with Gasteiger partial charge in [0.2, 0.25) is 0 Å². The highest BCUT2D eigenvalue weighted by Crippen LogP contribution is 2.20. The van der Waals surface area contributed by atoms with Crippen LogP contribution in [0, 0.1) is 18.3 Å². The van der Waals surface area contributed by atoms with E-state index in [4.69, 9.17) is 10.00 Å². The van der Waals surface area contributed by atoms with E-state index in [-0.39, 0.29) is 0 Å². The molecule has 0 atom stereocenters. The Hall–Kier alpha value is -2.61. The minimum absolute atomic E-state index is 0.500. The van der Waals surface area contributed by atoms with Crippen molar-refractivity contribution in [3.63, 3.8) is 0 Å². The van der Waals surface area contributed by atoms with E-state index in [2.05, 4.69) is 11.2 Å². The van der Waals surface area contributed by atoms with Gasteiger partial charge < -0.3 is 4.74 Å². The zero-order chi connectivity index (χ0) is 15.6. The molecule has 5 heteroatoms. The van der Waals surface area contributed by atoms with Crippen LogP contribution in [0.25, 0.3) is 11.3 Å². The Morgan fingerprint density at radius 1 is 1.29 bits per heavy atom. The smallest absolute Gasteiger partial charge is 0.435 e. The highest BCUT2D eigenvalue weighted by molar-refractivity contribution is 5.73. The fraction of sp³-hybridized carbons (Fsp3) is 0.312. The lowest BCUT2D eigenvalue weighted by Gasteiger charge is -2.19. The van der Waals surface area contributed by atoms with Crippen LogP contribution in [0.1, 0.15) is 32.0 Å². The number of hydrogen-bond donors (Lipinski definition) is 0. The predicted molar refractivity (Wildman–Crippen MR) is 78.7 cm³/mol. The number of carbonyl (C=O) groups excluding carboxylic acids is 1. The summed E-state index contributed by atoms with van der Waals surface area (Å²) in [6, 6.07) is 10.9. The van der Waals surface area contributed by atoms with Gasteiger partial charge in [0.15, 0.2) is 0 Å². The molecular weight excluding hydrogens is 266 g/mol. The van der Waals surface area contributed by atoms with Gasteiger partial charge in [-0.2, -0.15) is 15.0 Å². The van der Waals surface area contributed by atoms with Gasteiger partial charge in [0, 0.05) is 11.3 Å². The molecular formula is C16H17N3O2. The van der Waals surface area contributed by atoms with Crippen LogP contribution < -0.4 is 0 Å². The van der Waals surface area contributed by atoms with Gasteiger partial charge in [0.1, 0.15) is 5.60 Å². The molecule has 2 rings (SSSR count). The largest absolute Gasteiger partial charge is 0.442 e. The maximum atomic E-state index is 12.1. The zero-order valence-electron chi connectivity index (χ0n) is 12.5. The molecule has 0 saturated heterocycles. The molecule has 0 saturated carbocycles.